The van der Waals surface area contributed by atoms with Crippen LogP contribution in [0.25, 0.3) is 33.5 Å². The number of nitrogens with one attached hydrogen (secondary N) is 1. The quantitative estimate of drug-likeness (QED) is 0.515. The van der Waals surface area contributed by atoms with Gasteiger partial charge in [0.25, 0.3) is 0 Å². The second-order valence-corrected chi connectivity index (χ2v) is 6.41. The van der Waals surface area contributed by atoms with Crippen molar-refractivity contribution in [3.05, 3.63) is 60.4 Å². The minimum absolute atomic E-state index is 0.0646. The summed E-state index contributed by atoms with van der Waals surface area (Å²) in [4.78, 5) is 13.6. The number of amides is 1. The average molecular weight is 373 g/mol. The molecule has 0 fully saturated rings. The predicted octanol–water partition coefficient (Wildman–Crippen LogP) is 3.78. The number of anilines is 1. The van der Waals surface area contributed by atoms with E-state index in [-0.39, 0.29) is 12.5 Å². The highest BCUT2D eigenvalue weighted by atomic mass is 16.3. The second-order valence-electron chi connectivity index (χ2n) is 6.41. The van der Waals surface area contributed by atoms with Gasteiger partial charge in [-0.15, -0.1) is 10.2 Å². The molecule has 1 amide bonds. The lowest BCUT2D eigenvalue weighted by Crippen LogP contribution is -2.20. The van der Waals surface area contributed by atoms with Crippen molar-refractivity contribution in [3.63, 3.8) is 0 Å². The normalized spacial score (nSPS) is 11.3. The van der Waals surface area contributed by atoms with Gasteiger partial charge in [0, 0.05) is 22.5 Å². The Balaban J connectivity index is 1.33. The summed E-state index contributed by atoms with van der Waals surface area (Å²) in [7, 11) is 0. The molecule has 8 nitrogen and oxygen atoms in total. The fourth-order valence-corrected chi connectivity index (χ4v) is 3.10. The molecular weight excluding hydrogens is 358 g/mol. The van der Waals surface area contributed by atoms with Crippen molar-refractivity contribution in [2.45, 2.75) is 13.5 Å². The third kappa shape index (κ3) is 2.90. The molecule has 0 radical (unpaired) electrons. The number of fused-ring (bicyclic) bond motifs is 3. The highest BCUT2D eigenvalue weighted by Crippen LogP contribution is 2.30. The van der Waals surface area contributed by atoms with E-state index in [1.54, 1.807) is 12.1 Å². The fraction of sp³-hybridized carbons (Fsp3) is 0.100. The number of benzene rings is 2. The van der Waals surface area contributed by atoms with Crippen LogP contribution >= 0.6 is 0 Å². The van der Waals surface area contributed by atoms with Gasteiger partial charge in [-0.25, -0.2) is 0 Å². The van der Waals surface area contributed by atoms with Crippen LogP contribution < -0.4 is 5.32 Å². The molecule has 2 aromatic carbocycles. The number of nitrogens with zero attached hydrogens (tertiary/aromatic N) is 4. The molecular formula is C20H15N5O3. The summed E-state index contributed by atoms with van der Waals surface area (Å²) in [5.74, 6) is 1.34. The molecule has 3 heterocycles. The van der Waals surface area contributed by atoms with Crippen LogP contribution in [-0.4, -0.2) is 26.1 Å². The summed E-state index contributed by atoms with van der Waals surface area (Å²) in [5, 5.41) is 16.9. The molecule has 0 bridgehead atoms. The number of furan rings is 2. The highest BCUT2D eigenvalue weighted by Gasteiger charge is 2.13. The summed E-state index contributed by atoms with van der Waals surface area (Å²) in [5.41, 5.74) is 2.17. The number of hydrogen-bond donors (Lipinski definition) is 1. The van der Waals surface area contributed by atoms with Gasteiger partial charge in [0.1, 0.15) is 23.5 Å². The van der Waals surface area contributed by atoms with E-state index in [1.165, 1.54) is 4.80 Å². The van der Waals surface area contributed by atoms with Gasteiger partial charge in [0.15, 0.2) is 5.76 Å². The maximum atomic E-state index is 12.3. The van der Waals surface area contributed by atoms with Gasteiger partial charge in [-0.2, -0.15) is 4.80 Å². The molecule has 138 valence electrons. The molecule has 5 rings (SSSR count). The first-order valence-corrected chi connectivity index (χ1v) is 8.71. The Morgan fingerprint density at radius 1 is 1.04 bits per heavy atom. The van der Waals surface area contributed by atoms with Gasteiger partial charge >= 0.3 is 0 Å². The van der Waals surface area contributed by atoms with E-state index in [2.05, 4.69) is 20.7 Å². The molecule has 0 spiro atoms. The van der Waals surface area contributed by atoms with E-state index in [0.717, 1.165) is 22.1 Å². The minimum atomic E-state index is -0.268. The Hall–Kier alpha value is -3.94. The van der Waals surface area contributed by atoms with E-state index in [4.69, 9.17) is 8.83 Å². The first-order chi connectivity index (χ1) is 13.7. The van der Waals surface area contributed by atoms with Crippen LogP contribution in [0.15, 0.2) is 63.4 Å². The number of carbonyl (C=O) groups excluding carboxylic acids is 1. The molecule has 0 aliphatic heterocycles. The number of hydrogen-bond acceptors (Lipinski definition) is 6. The van der Waals surface area contributed by atoms with Crippen LogP contribution in [0.2, 0.25) is 0 Å². The zero-order valence-corrected chi connectivity index (χ0v) is 14.9. The Kier molecular flexibility index (Phi) is 3.68. The topological polar surface area (TPSA) is 99.0 Å². The molecule has 28 heavy (non-hydrogen) atoms. The molecule has 0 atom stereocenters. The lowest BCUT2D eigenvalue weighted by molar-refractivity contribution is -0.117. The number of carbonyl (C=O) groups is 1. The van der Waals surface area contributed by atoms with Crippen molar-refractivity contribution in [1.29, 1.82) is 0 Å². The van der Waals surface area contributed by atoms with Crippen LogP contribution in [0.5, 0.6) is 0 Å². The number of tetrazole rings is 1. The van der Waals surface area contributed by atoms with Crippen molar-refractivity contribution in [2.75, 3.05) is 5.32 Å². The number of para-hydroxylation sites is 1. The third-order valence-corrected chi connectivity index (χ3v) is 4.36. The number of aryl methyl sites for hydroxylation is 1. The molecule has 0 saturated carbocycles. The summed E-state index contributed by atoms with van der Waals surface area (Å²) >= 11 is 0. The van der Waals surface area contributed by atoms with Crippen molar-refractivity contribution < 1.29 is 13.6 Å². The third-order valence-electron chi connectivity index (χ3n) is 4.36. The van der Waals surface area contributed by atoms with Gasteiger partial charge in [-0.3, -0.25) is 4.79 Å². The van der Waals surface area contributed by atoms with Gasteiger partial charge in [0.05, 0.1) is 0 Å². The van der Waals surface area contributed by atoms with Crippen LogP contribution in [0.1, 0.15) is 5.76 Å². The summed E-state index contributed by atoms with van der Waals surface area (Å²) in [6.07, 6.45) is 0. The van der Waals surface area contributed by atoms with Crippen LogP contribution in [-0.2, 0) is 11.3 Å². The van der Waals surface area contributed by atoms with Gasteiger partial charge < -0.3 is 14.2 Å². The van der Waals surface area contributed by atoms with Crippen molar-refractivity contribution in [1.82, 2.24) is 20.2 Å². The highest BCUT2D eigenvalue weighted by molar-refractivity contribution is 6.06. The first kappa shape index (κ1) is 16.2. The molecule has 1 N–H and O–H groups in total. The number of rotatable bonds is 4. The maximum Gasteiger partial charge on any atom is 0.248 e. The van der Waals surface area contributed by atoms with Crippen LogP contribution in [0, 0.1) is 6.92 Å². The van der Waals surface area contributed by atoms with E-state index in [1.807, 2.05) is 49.4 Å². The Labute approximate surface area is 158 Å². The van der Waals surface area contributed by atoms with E-state index >= 15 is 0 Å². The lowest BCUT2D eigenvalue weighted by atomic mass is 10.1. The van der Waals surface area contributed by atoms with Gasteiger partial charge in [-0.1, -0.05) is 18.2 Å². The predicted molar refractivity (Wildman–Crippen MR) is 103 cm³/mol. The van der Waals surface area contributed by atoms with E-state index < -0.39 is 0 Å². The Morgan fingerprint density at radius 3 is 2.75 bits per heavy atom. The largest absolute Gasteiger partial charge is 0.458 e. The second kappa shape index (κ2) is 6.34. The van der Waals surface area contributed by atoms with Crippen LogP contribution in [0.3, 0.4) is 0 Å². The standard InChI is InChI=1S/C20H15N5O3/c1-12-6-9-17(27-12)20-22-24-25(23-20)11-19(26)21-13-7-8-15-14-4-2-3-5-16(14)28-18(15)10-13/h2-10H,11H2,1H3,(H,21,26). The maximum absolute atomic E-state index is 12.3. The minimum Gasteiger partial charge on any atom is -0.458 e. The summed E-state index contributed by atoms with van der Waals surface area (Å²) in [6.45, 7) is 1.77. The zero-order valence-electron chi connectivity index (χ0n) is 14.9. The SMILES string of the molecule is Cc1ccc(-c2nnn(CC(=O)Nc3ccc4c(c3)oc3ccccc34)n2)o1. The molecule has 0 unspecified atom stereocenters. The van der Waals surface area contributed by atoms with Crippen molar-refractivity contribution >= 4 is 33.5 Å². The Morgan fingerprint density at radius 2 is 1.89 bits per heavy atom. The monoisotopic (exact) mass is 373 g/mol. The van der Waals surface area contributed by atoms with Gasteiger partial charge in [0.2, 0.25) is 11.7 Å². The van der Waals surface area contributed by atoms with E-state index in [0.29, 0.717) is 22.9 Å². The number of aromatic nitrogens is 4. The average Bonchev–Trinajstić information content (AvgIpc) is 3.39. The molecule has 0 aliphatic carbocycles. The molecule has 3 aromatic heterocycles. The fourth-order valence-electron chi connectivity index (χ4n) is 3.10. The molecule has 5 aromatic rings. The summed E-state index contributed by atoms with van der Waals surface area (Å²) < 4.78 is 11.3. The first-order valence-electron chi connectivity index (χ1n) is 8.71. The molecule has 0 saturated heterocycles. The van der Waals surface area contributed by atoms with Crippen LogP contribution in [0.4, 0.5) is 5.69 Å². The van der Waals surface area contributed by atoms with E-state index in [9.17, 15) is 4.79 Å². The van der Waals surface area contributed by atoms with Crippen molar-refractivity contribution in [3.8, 4) is 11.6 Å². The zero-order chi connectivity index (χ0) is 19.1. The smallest absolute Gasteiger partial charge is 0.248 e. The van der Waals surface area contributed by atoms with Crippen molar-refractivity contribution in [2.24, 2.45) is 0 Å². The summed E-state index contributed by atoms with van der Waals surface area (Å²) in [6, 6.07) is 17.0. The Bertz CT molecular complexity index is 1310. The molecule has 8 heteroatoms. The van der Waals surface area contributed by atoms with Gasteiger partial charge in [-0.05, 0) is 42.5 Å². The molecule has 0 aliphatic rings. The lowest BCUT2D eigenvalue weighted by Gasteiger charge is -2.04.